The van der Waals surface area contributed by atoms with Gasteiger partial charge in [-0.25, -0.2) is 0 Å². The SMILES string of the molecule is Bc1c(B)c(O)c(/C(C=C)=C/C(C)=C\Cc2c(O)c(O)c(O)c(O)c2O)c(O)c1O. The molecule has 0 heterocycles. The molecule has 30 heavy (non-hydrogen) atoms. The topological polar surface area (TPSA) is 162 Å². The Bertz CT molecular complexity index is 1040. The molecule has 2 aromatic rings. The third-order valence-corrected chi connectivity index (χ3v) is 4.96. The van der Waals surface area contributed by atoms with Gasteiger partial charge in [-0.15, -0.1) is 0 Å². The zero-order valence-electron chi connectivity index (χ0n) is 16.7. The zero-order valence-corrected chi connectivity index (χ0v) is 16.7. The molecule has 0 fully saturated rings. The molecule has 0 radical (unpaired) electrons. The first-order valence-electron chi connectivity index (χ1n) is 8.86. The van der Waals surface area contributed by atoms with Gasteiger partial charge < -0.3 is 40.9 Å². The molecule has 0 saturated carbocycles. The zero-order chi connectivity index (χ0) is 22.9. The average molecular weight is 412 g/mol. The largest absolute Gasteiger partial charge is 0.508 e. The van der Waals surface area contributed by atoms with Crippen molar-refractivity contribution in [1.29, 1.82) is 0 Å². The van der Waals surface area contributed by atoms with E-state index in [1.807, 2.05) is 0 Å². The molecule has 0 amide bonds. The van der Waals surface area contributed by atoms with Gasteiger partial charge in [-0.1, -0.05) is 30.4 Å². The molecule has 0 aliphatic heterocycles. The predicted octanol–water partition coefficient (Wildman–Crippen LogP) is -0.393. The Morgan fingerprint density at radius 3 is 1.70 bits per heavy atom. The van der Waals surface area contributed by atoms with Crippen molar-refractivity contribution in [3.8, 4) is 46.0 Å². The first-order valence-corrected chi connectivity index (χ1v) is 8.86. The summed E-state index contributed by atoms with van der Waals surface area (Å²) in [6.45, 7) is 5.31. The molecular formula is C20H22B2O8. The van der Waals surface area contributed by atoms with Crippen LogP contribution in [0.5, 0.6) is 46.0 Å². The molecule has 0 bridgehead atoms. The number of phenolic OH excluding ortho intramolecular Hbond substituents is 8. The maximum absolute atomic E-state index is 10.4. The van der Waals surface area contributed by atoms with Gasteiger partial charge in [0.25, 0.3) is 0 Å². The van der Waals surface area contributed by atoms with Crippen molar-refractivity contribution in [3.63, 3.8) is 0 Å². The highest BCUT2D eigenvalue weighted by molar-refractivity contribution is 6.51. The molecule has 0 aliphatic carbocycles. The maximum Gasteiger partial charge on any atom is 0.208 e. The van der Waals surface area contributed by atoms with E-state index in [9.17, 15) is 40.9 Å². The molecule has 0 unspecified atom stereocenters. The summed E-state index contributed by atoms with van der Waals surface area (Å²) < 4.78 is 0. The summed E-state index contributed by atoms with van der Waals surface area (Å²) in [7, 11) is 3.14. The monoisotopic (exact) mass is 412 g/mol. The number of aromatic hydroxyl groups is 8. The van der Waals surface area contributed by atoms with Crippen LogP contribution < -0.4 is 10.9 Å². The summed E-state index contributed by atoms with van der Waals surface area (Å²) in [6, 6.07) is 0. The third-order valence-electron chi connectivity index (χ3n) is 4.96. The first-order chi connectivity index (χ1) is 13.9. The van der Waals surface area contributed by atoms with Crippen LogP contribution in [-0.4, -0.2) is 56.5 Å². The van der Waals surface area contributed by atoms with E-state index in [1.54, 1.807) is 22.6 Å². The molecule has 8 nitrogen and oxygen atoms in total. The number of benzene rings is 2. The lowest BCUT2D eigenvalue weighted by Crippen LogP contribution is -2.27. The molecule has 156 valence electrons. The molecule has 0 saturated heterocycles. The number of hydrogen-bond donors (Lipinski definition) is 8. The van der Waals surface area contributed by atoms with Crippen molar-refractivity contribution in [2.24, 2.45) is 0 Å². The normalized spacial score (nSPS) is 12.2. The minimum Gasteiger partial charge on any atom is -0.508 e. The van der Waals surface area contributed by atoms with Crippen molar-refractivity contribution in [2.75, 3.05) is 0 Å². The van der Waals surface area contributed by atoms with Crippen molar-refractivity contribution < 1.29 is 40.9 Å². The number of phenols is 8. The molecule has 8 N–H and O–H groups in total. The second kappa shape index (κ2) is 8.28. The summed E-state index contributed by atoms with van der Waals surface area (Å²) in [5.74, 6) is -5.61. The number of rotatable bonds is 5. The molecular weight excluding hydrogens is 390 g/mol. The van der Waals surface area contributed by atoms with Crippen LogP contribution in [0, 0.1) is 0 Å². The summed E-state index contributed by atoms with van der Waals surface area (Å²) in [4.78, 5) is 0. The first kappa shape index (κ1) is 22.5. The molecule has 0 aromatic heterocycles. The number of hydrogen-bond acceptors (Lipinski definition) is 8. The van der Waals surface area contributed by atoms with E-state index >= 15 is 0 Å². The minimum absolute atomic E-state index is 0.0102. The van der Waals surface area contributed by atoms with E-state index in [0.29, 0.717) is 22.1 Å². The van der Waals surface area contributed by atoms with Crippen LogP contribution in [-0.2, 0) is 6.42 Å². The third kappa shape index (κ3) is 3.71. The van der Waals surface area contributed by atoms with Crippen LogP contribution in [0.4, 0.5) is 0 Å². The Morgan fingerprint density at radius 2 is 1.20 bits per heavy atom. The highest BCUT2D eigenvalue weighted by Gasteiger charge is 2.23. The lowest BCUT2D eigenvalue weighted by atomic mass is 9.77. The molecule has 2 aromatic carbocycles. The quantitative estimate of drug-likeness (QED) is 0.143. The smallest absolute Gasteiger partial charge is 0.208 e. The molecule has 0 spiro atoms. The van der Waals surface area contributed by atoms with E-state index in [2.05, 4.69) is 6.58 Å². The van der Waals surface area contributed by atoms with Gasteiger partial charge in [0.05, 0.1) is 5.56 Å². The van der Waals surface area contributed by atoms with E-state index in [0.717, 1.165) is 0 Å². The average Bonchev–Trinajstić information content (AvgIpc) is 2.72. The fourth-order valence-electron chi connectivity index (χ4n) is 2.95. The van der Waals surface area contributed by atoms with Crippen molar-refractivity contribution in [2.45, 2.75) is 13.3 Å². The van der Waals surface area contributed by atoms with Gasteiger partial charge in [-0.2, -0.15) is 0 Å². The van der Waals surface area contributed by atoms with E-state index in [1.165, 1.54) is 18.2 Å². The van der Waals surface area contributed by atoms with Crippen LogP contribution in [0.25, 0.3) is 5.57 Å². The predicted molar refractivity (Wildman–Crippen MR) is 118 cm³/mol. The fourth-order valence-corrected chi connectivity index (χ4v) is 2.95. The Labute approximate surface area is 174 Å². The van der Waals surface area contributed by atoms with Gasteiger partial charge in [0, 0.05) is 5.56 Å². The van der Waals surface area contributed by atoms with Gasteiger partial charge in [-0.05, 0) is 29.8 Å². The van der Waals surface area contributed by atoms with Crippen LogP contribution in [0.3, 0.4) is 0 Å². The van der Waals surface area contributed by atoms with Gasteiger partial charge in [0.15, 0.2) is 23.0 Å². The summed E-state index contributed by atoms with van der Waals surface area (Å²) in [5, 5.41) is 79.4. The number of allylic oxidation sites excluding steroid dienone is 5. The van der Waals surface area contributed by atoms with Crippen LogP contribution >= 0.6 is 0 Å². The van der Waals surface area contributed by atoms with Gasteiger partial charge in [0.1, 0.15) is 21.4 Å². The summed E-state index contributed by atoms with van der Waals surface area (Å²) in [6.07, 6.45) is 4.28. The van der Waals surface area contributed by atoms with Crippen LogP contribution in [0.1, 0.15) is 18.1 Å². The van der Waals surface area contributed by atoms with Gasteiger partial charge in [0.2, 0.25) is 17.2 Å². The highest BCUT2D eigenvalue weighted by atomic mass is 16.4. The second-order valence-electron chi connectivity index (χ2n) is 6.85. The Hall–Kier alpha value is -3.81. The van der Waals surface area contributed by atoms with E-state index in [-0.39, 0.29) is 29.0 Å². The van der Waals surface area contributed by atoms with Crippen molar-refractivity contribution in [3.05, 3.63) is 41.5 Å². The Kier molecular flexibility index (Phi) is 6.20. The van der Waals surface area contributed by atoms with E-state index < -0.39 is 34.5 Å². The molecule has 0 atom stereocenters. The molecule has 10 heteroatoms. The Morgan fingerprint density at radius 1 is 0.733 bits per heavy atom. The van der Waals surface area contributed by atoms with Crippen molar-refractivity contribution in [1.82, 2.24) is 0 Å². The standard InChI is InChI=1S/C20H22B2O8/c1-3-8(10-15(25)11(21)12(22)17(27)16(10)26)6-7(2)4-5-9-13(23)18(28)20(30)19(29)14(9)24/h3-4,6,23-30H,1,5,21-22H2,2H3/b7-4-,8-6+. The van der Waals surface area contributed by atoms with Crippen LogP contribution in [0.15, 0.2) is 30.4 Å². The minimum atomic E-state index is -1.04. The Balaban J connectivity index is 2.52. The summed E-state index contributed by atoms with van der Waals surface area (Å²) >= 11 is 0. The second-order valence-corrected chi connectivity index (χ2v) is 6.85. The van der Waals surface area contributed by atoms with Gasteiger partial charge in [-0.3, -0.25) is 0 Å². The maximum atomic E-state index is 10.4. The fraction of sp³-hybridized carbons (Fsp3) is 0.100. The lowest BCUT2D eigenvalue weighted by Gasteiger charge is -2.16. The molecule has 2 rings (SSSR count). The van der Waals surface area contributed by atoms with Gasteiger partial charge >= 0.3 is 0 Å². The highest BCUT2D eigenvalue weighted by Crippen LogP contribution is 2.51. The van der Waals surface area contributed by atoms with Crippen molar-refractivity contribution >= 4 is 32.2 Å². The van der Waals surface area contributed by atoms with E-state index in [4.69, 9.17) is 0 Å². The van der Waals surface area contributed by atoms with Crippen LogP contribution in [0.2, 0.25) is 0 Å². The lowest BCUT2D eigenvalue weighted by molar-refractivity contribution is 0.325. The summed E-state index contributed by atoms with van der Waals surface area (Å²) in [5.41, 5.74) is 1.32. The molecule has 0 aliphatic rings.